The number of aromatic nitrogens is 2. The fourth-order valence-electron chi connectivity index (χ4n) is 3.01. The maximum absolute atomic E-state index is 12.8. The quantitative estimate of drug-likeness (QED) is 0.471. The van der Waals surface area contributed by atoms with Gasteiger partial charge in [-0.05, 0) is 18.1 Å². The third-order valence-corrected chi connectivity index (χ3v) is 4.93. The highest BCUT2D eigenvalue weighted by Gasteiger charge is 2.33. The van der Waals surface area contributed by atoms with E-state index in [2.05, 4.69) is 23.1 Å². The average Bonchev–Trinajstić information content (AvgIpc) is 2.59. The molecule has 0 bridgehead atoms. The molecule has 0 saturated heterocycles. The second kappa shape index (κ2) is 7.08. The molecule has 1 N–H and O–H groups in total. The molecule has 10 heteroatoms. The van der Waals surface area contributed by atoms with Gasteiger partial charge in [0.15, 0.2) is 0 Å². The normalized spacial score (nSPS) is 16.1. The highest BCUT2D eigenvalue weighted by molar-refractivity contribution is 7.78. The molecular weight excluding hydrogens is 380 g/mol. The smallest absolute Gasteiger partial charge is 0.288 e. The number of aryl methyl sites for hydroxylation is 1. The van der Waals surface area contributed by atoms with Crippen molar-refractivity contribution in [1.29, 1.82) is 0 Å². The van der Waals surface area contributed by atoms with Gasteiger partial charge < -0.3 is 5.32 Å². The Bertz CT molecular complexity index is 975. The lowest BCUT2D eigenvalue weighted by molar-refractivity contribution is -0.384. The number of thiol groups is 1. The lowest BCUT2D eigenvalue weighted by atomic mass is 9.86. The molecule has 3 rings (SSSR count). The van der Waals surface area contributed by atoms with Crippen LogP contribution in [0.25, 0.3) is 0 Å². The number of nitro benzene ring substituents is 1. The number of hydrogen-bond donors (Lipinski definition) is 2. The second-order valence-corrected chi connectivity index (χ2v) is 6.74. The van der Waals surface area contributed by atoms with Crippen LogP contribution in [0.4, 0.5) is 11.5 Å². The molecule has 0 radical (unpaired) electrons. The van der Waals surface area contributed by atoms with Crippen molar-refractivity contribution in [3.63, 3.8) is 0 Å². The predicted molar refractivity (Wildman–Crippen MR) is 100 cm³/mol. The Morgan fingerprint density at radius 3 is 2.85 bits per heavy atom. The maximum atomic E-state index is 12.8. The van der Waals surface area contributed by atoms with E-state index < -0.39 is 16.4 Å². The summed E-state index contributed by atoms with van der Waals surface area (Å²) in [7, 11) is 0. The molecule has 1 unspecified atom stereocenters. The van der Waals surface area contributed by atoms with Crippen LogP contribution in [0.3, 0.4) is 0 Å². The lowest BCUT2D eigenvalue weighted by Gasteiger charge is -2.25. The van der Waals surface area contributed by atoms with E-state index in [1.54, 1.807) is 6.07 Å². The Labute approximate surface area is 158 Å². The molecule has 136 valence electrons. The number of fused-ring (bicyclic) bond motifs is 1. The van der Waals surface area contributed by atoms with E-state index in [-0.39, 0.29) is 34.4 Å². The van der Waals surface area contributed by atoms with Crippen molar-refractivity contribution >= 4 is 41.8 Å². The van der Waals surface area contributed by atoms with Gasteiger partial charge in [-0.25, -0.2) is 8.96 Å². The third kappa shape index (κ3) is 3.19. The van der Waals surface area contributed by atoms with Crippen molar-refractivity contribution in [3.05, 3.63) is 60.6 Å². The van der Waals surface area contributed by atoms with Crippen LogP contribution in [0.2, 0.25) is 5.02 Å². The number of rotatable bonds is 4. The molecular formula is C16H15ClN4O4S. The van der Waals surface area contributed by atoms with E-state index in [4.69, 9.17) is 11.6 Å². The first-order valence-corrected chi connectivity index (χ1v) is 8.70. The molecule has 1 amide bonds. The summed E-state index contributed by atoms with van der Waals surface area (Å²) in [6.45, 7) is 1.94. The SMILES string of the molecule is CCCc1nc2c(c(=O)n1S)C(c1ccc(Cl)c([N+](=O)[O-])c1)CC(=O)N2. The summed E-state index contributed by atoms with van der Waals surface area (Å²) in [5.74, 6) is -0.347. The fourth-order valence-corrected chi connectivity index (χ4v) is 3.44. The van der Waals surface area contributed by atoms with Crippen molar-refractivity contribution < 1.29 is 9.72 Å². The van der Waals surface area contributed by atoms with Crippen LogP contribution >= 0.6 is 24.4 Å². The van der Waals surface area contributed by atoms with Crippen LogP contribution in [0.15, 0.2) is 23.0 Å². The summed E-state index contributed by atoms with van der Waals surface area (Å²) in [4.78, 5) is 39.9. The Morgan fingerprint density at radius 1 is 1.46 bits per heavy atom. The largest absolute Gasteiger partial charge is 0.310 e. The number of amides is 1. The summed E-state index contributed by atoms with van der Waals surface area (Å²) in [5.41, 5.74) is 0.0339. The molecule has 0 spiro atoms. The number of halogens is 1. The molecule has 1 aromatic carbocycles. The summed E-state index contributed by atoms with van der Waals surface area (Å²) in [6, 6.07) is 4.25. The minimum atomic E-state index is -0.663. The average molecular weight is 395 g/mol. The van der Waals surface area contributed by atoms with E-state index in [1.165, 1.54) is 12.1 Å². The number of carbonyl (C=O) groups excluding carboxylic acids is 1. The Balaban J connectivity index is 2.20. The first kappa shape index (κ1) is 18.4. The Kier molecular flexibility index (Phi) is 5.01. The zero-order chi connectivity index (χ0) is 19.0. The highest BCUT2D eigenvalue weighted by atomic mass is 35.5. The number of benzene rings is 1. The molecule has 2 heterocycles. The topological polar surface area (TPSA) is 107 Å². The number of anilines is 1. The Morgan fingerprint density at radius 2 is 2.19 bits per heavy atom. The van der Waals surface area contributed by atoms with Gasteiger partial charge in [0.25, 0.3) is 11.2 Å². The Hall–Kier alpha value is -2.39. The van der Waals surface area contributed by atoms with Crippen LogP contribution in [-0.4, -0.2) is 19.8 Å². The molecule has 1 aliphatic rings. The zero-order valence-corrected chi connectivity index (χ0v) is 15.4. The highest BCUT2D eigenvalue weighted by Crippen LogP contribution is 2.37. The van der Waals surface area contributed by atoms with Crippen molar-refractivity contribution in [2.75, 3.05) is 5.32 Å². The number of carbonyl (C=O) groups is 1. The standard InChI is InChI=1S/C16H15ClN4O4S/c1-2-3-12-18-15-14(16(23)20(12)26)9(7-13(22)19-15)8-4-5-10(17)11(6-8)21(24)25/h4-6,9,26H,2-3,7H2,1H3,(H,19,22). The van der Waals surface area contributed by atoms with Crippen LogP contribution in [-0.2, 0) is 11.2 Å². The third-order valence-electron chi connectivity index (χ3n) is 4.20. The predicted octanol–water partition coefficient (Wildman–Crippen LogP) is 2.92. The number of hydrogen-bond acceptors (Lipinski definition) is 6. The molecule has 1 aliphatic heterocycles. The number of nitrogens with one attached hydrogen (secondary N) is 1. The maximum Gasteiger partial charge on any atom is 0.288 e. The molecule has 1 aromatic heterocycles. The molecule has 26 heavy (non-hydrogen) atoms. The van der Waals surface area contributed by atoms with E-state index in [9.17, 15) is 19.7 Å². The van der Waals surface area contributed by atoms with E-state index >= 15 is 0 Å². The van der Waals surface area contributed by atoms with Gasteiger partial charge in [-0.1, -0.05) is 37.4 Å². The van der Waals surface area contributed by atoms with Crippen molar-refractivity contribution in [1.82, 2.24) is 8.96 Å². The van der Waals surface area contributed by atoms with E-state index in [0.29, 0.717) is 17.8 Å². The minimum Gasteiger partial charge on any atom is -0.310 e. The van der Waals surface area contributed by atoms with E-state index in [1.807, 2.05) is 6.92 Å². The summed E-state index contributed by atoms with van der Waals surface area (Å²) < 4.78 is 1.16. The minimum absolute atomic E-state index is 0.0118. The van der Waals surface area contributed by atoms with Gasteiger partial charge in [-0.3, -0.25) is 19.7 Å². The number of nitro groups is 1. The van der Waals surface area contributed by atoms with Crippen molar-refractivity contribution in [2.24, 2.45) is 0 Å². The van der Waals surface area contributed by atoms with Gasteiger partial charge in [-0.2, -0.15) is 0 Å². The first-order valence-electron chi connectivity index (χ1n) is 7.92. The second-order valence-electron chi connectivity index (χ2n) is 5.93. The first-order chi connectivity index (χ1) is 12.3. The molecule has 1 atom stereocenters. The van der Waals surface area contributed by atoms with Crippen molar-refractivity contribution in [3.8, 4) is 0 Å². The molecule has 0 aliphatic carbocycles. The summed E-state index contributed by atoms with van der Waals surface area (Å²) >= 11 is 10.1. The monoisotopic (exact) mass is 394 g/mol. The van der Waals surface area contributed by atoms with Gasteiger partial charge in [0, 0.05) is 24.8 Å². The molecule has 2 aromatic rings. The zero-order valence-electron chi connectivity index (χ0n) is 13.7. The van der Waals surface area contributed by atoms with Gasteiger partial charge in [0.05, 0.1) is 10.5 Å². The summed E-state index contributed by atoms with van der Waals surface area (Å²) in [6.07, 6.45) is 1.26. The van der Waals surface area contributed by atoms with Gasteiger partial charge in [0.1, 0.15) is 16.7 Å². The van der Waals surface area contributed by atoms with Gasteiger partial charge in [0.2, 0.25) is 5.91 Å². The molecule has 0 saturated carbocycles. The number of nitrogens with zero attached hydrogens (tertiary/aromatic N) is 3. The van der Waals surface area contributed by atoms with Crippen LogP contribution in [0.5, 0.6) is 0 Å². The molecule has 0 fully saturated rings. The van der Waals surface area contributed by atoms with Crippen LogP contribution in [0.1, 0.15) is 42.6 Å². The van der Waals surface area contributed by atoms with Gasteiger partial charge >= 0.3 is 0 Å². The summed E-state index contributed by atoms with van der Waals surface area (Å²) in [5, 5.41) is 13.8. The lowest BCUT2D eigenvalue weighted by Crippen LogP contribution is -2.34. The fraction of sp³-hybridized carbons (Fsp3) is 0.312. The van der Waals surface area contributed by atoms with Crippen LogP contribution < -0.4 is 10.9 Å². The molecule has 8 nitrogen and oxygen atoms in total. The van der Waals surface area contributed by atoms with E-state index in [0.717, 1.165) is 10.4 Å². The van der Waals surface area contributed by atoms with Crippen LogP contribution in [0, 0.1) is 10.1 Å². The van der Waals surface area contributed by atoms with Gasteiger partial charge in [-0.15, -0.1) is 0 Å². The van der Waals surface area contributed by atoms with Crippen molar-refractivity contribution in [2.45, 2.75) is 32.1 Å².